The highest BCUT2D eigenvalue weighted by Crippen LogP contribution is 2.29. The summed E-state index contributed by atoms with van der Waals surface area (Å²) in [5.74, 6) is -2.90. The first-order valence-electron chi connectivity index (χ1n) is 15.8. The van der Waals surface area contributed by atoms with Crippen LogP contribution in [0.15, 0.2) is 88.8 Å². The van der Waals surface area contributed by atoms with Gasteiger partial charge in [0.25, 0.3) is 5.91 Å². The van der Waals surface area contributed by atoms with Crippen LogP contribution in [0.1, 0.15) is 46.1 Å². The molecule has 5 N–H and O–H groups in total. The molecule has 3 rings (SSSR count). The number of alkyl carbamates (subject to hydrolysis) is 1. The molecule has 0 saturated carbocycles. The molecule has 264 valence electrons. The third kappa shape index (κ3) is 10.8. The molecule has 1 aromatic rings. The highest BCUT2D eigenvalue weighted by molar-refractivity contribution is 6.24. The molecule has 1 aliphatic heterocycles. The fraction of sp³-hybridized carbons (Fsp3) is 0.417. The molecule has 0 spiro atoms. The van der Waals surface area contributed by atoms with Gasteiger partial charge in [-0.25, -0.2) is 9.59 Å². The van der Waals surface area contributed by atoms with Crippen molar-refractivity contribution in [2.75, 3.05) is 14.2 Å². The number of carbonyl (C=O) groups excluding carboxylic acids is 5. The molecule has 0 saturated heterocycles. The Labute approximate surface area is 285 Å². The van der Waals surface area contributed by atoms with Crippen LogP contribution in [0, 0.1) is 11.8 Å². The molecule has 0 fully saturated rings. The van der Waals surface area contributed by atoms with E-state index in [9.17, 15) is 29.1 Å². The maximum atomic E-state index is 13.8. The standard InChI is InChI=1S/C36H45N3O10/c1-20-15-25-30(39-36(45)48-19-24-12-8-7-9-13-24)27(40)18-26(32(25)42)38-34(43)21(2)11-10-14-28(46-5)33(49-35(37)44)23(4)17-22(3)31(41)29(16-20)47-6/h7-14,17-18,20,22,28-29,31,33,41H,15-16,19H2,1-6H3,(H2,37,44)(H,38,43)(H,39,45)/b14-10-,21-11+,23-17+/t20-,22+,28+,29+,31-,33+/m1/s1. The number of ether oxygens (including phenoxy) is 4. The molecule has 1 aromatic carbocycles. The van der Waals surface area contributed by atoms with Crippen molar-refractivity contribution < 1.29 is 48.0 Å². The van der Waals surface area contributed by atoms with Crippen molar-refractivity contribution in [3.8, 4) is 0 Å². The van der Waals surface area contributed by atoms with Crippen molar-refractivity contribution >= 4 is 29.7 Å². The third-order valence-electron chi connectivity index (χ3n) is 8.23. The minimum atomic E-state index is -1.04. The van der Waals surface area contributed by atoms with Gasteiger partial charge >= 0.3 is 12.2 Å². The number of aliphatic hydroxyl groups is 1. The second-order valence-corrected chi connectivity index (χ2v) is 12.1. The molecule has 49 heavy (non-hydrogen) atoms. The normalized spacial score (nSPS) is 28.6. The zero-order valence-electron chi connectivity index (χ0n) is 28.6. The Morgan fingerprint density at radius 2 is 1.76 bits per heavy atom. The van der Waals surface area contributed by atoms with Crippen LogP contribution in [0.5, 0.6) is 0 Å². The van der Waals surface area contributed by atoms with Crippen molar-refractivity contribution in [2.24, 2.45) is 17.6 Å². The lowest BCUT2D eigenvalue weighted by atomic mass is 9.85. The summed E-state index contributed by atoms with van der Waals surface area (Å²) in [4.78, 5) is 64.9. The van der Waals surface area contributed by atoms with Gasteiger partial charge in [-0.05, 0) is 43.7 Å². The van der Waals surface area contributed by atoms with Gasteiger partial charge in [0.1, 0.15) is 12.7 Å². The number of nitrogens with two attached hydrogens (primary N) is 1. The van der Waals surface area contributed by atoms with E-state index in [4.69, 9.17) is 24.7 Å². The molecule has 0 radical (unpaired) electrons. The van der Waals surface area contributed by atoms with Crippen molar-refractivity contribution in [1.82, 2.24) is 10.6 Å². The summed E-state index contributed by atoms with van der Waals surface area (Å²) in [6, 6.07) is 8.94. The van der Waals surface area contributed by atoms with Gasteiger partial charge in [-0.3, -0.25) is 19.7 Å². The van der Waals surface area contributed by atoms with E-state index in [1.165, 1.54) is 33.3 Å². The Morgan fingerprint density at radius 1 is 1.06 bits per heavy atom. The highest BCUT2D eigenvalue weighted by Gasteiger charge is 2.34. The second-order valence-electron chi connectivity index (χ2n) is 12.1. The van der Waals surface area contributed by atoms with Gasteiger partial charge in [0.15, 0.2) is 6.10 Å². The SMILES string of the molecule is CO[C@H]1/C=C\C=C(/C)C(=O)NC2=CC(=O)C(NC(=O)OCc3ccccc3)=C(C[C@@H](C)C[C@H](OC)[C@H](O)[C@@H](C)/C=C(\C)[C@@H]1OC(N)=O)C2=O. The molecule has 1 heterocycles. The number of amides is 3. The van der Waals surface area contributed by atoms with Crippen LogP contribution >= 0.6 is 0 Å². The number of benzene rings is 1. The number of hydrogen-bond acceptors (Lipinski definition) is 10. The van der Waals surface area contributed by atoms with Crippen LogP contribution in [0.4, 0.5) is 9.59 Å². The number of fused-ring (bicyclic) bond motifs is 2. The van der Waals surface area contributed by atoms with Crippen molar-refractivity contribution in [1.29, 1.82) is 0 Å². The zero-order valence-corrected chi connectivity index (χ0v) is 28.6. The molecule has 0 aromatic heterocycles. The first kappa shape index (κ1) is 38.6. The lowest BCUT2D eigenvalue weighted by Gasteiger charge is -2.30. The summed E-state index contributed by atoms with van der Waals surface area (Å²) in [5.41, 5.74) is 6.24. The molecule has 13 nitrogen and oxygen atoms in total. The summed E-state index contributed by atoms with van der Waals surface area (Å²) in [5, 5.41) is 16.3. The van der Waals surface area contributed by atoms with Crippen LogP contribution in [0.3, 0.4) is 0 Å². The van der Waals surface area contributed by atoms with Crippen molar-refractivity contribution in [3.05, 3.63) is 94.4 Å². The molecule has 1 aliphatic carbocycles. The van der Waals surface area contributed by atoms with E-state index < -0.39 is 60.0 Å². The minimum Gasteiger partial charge on any atom is -0.444 e. The van der Waals surface area contributed by atoms with E-state index in [0.717, 1.165) is 11.6 Å². The number of primary amides is 1. The van der Waals surface area contributed by atoms with Crippen molar-refractivity contribution in [2.45, 2.75) is 71.6 Å². The van der Waals surface area contributed by atoms with E-state index in [2.05, 4.69) is 10.6 Å². The van der Waals surface area contributed by atoms with Gasteiger partial charge in [-0.15, -0.1) is 0 Å². The summed E-state index contributed by atoms with van der Waals surface area (Å²) < 4.78 is 21.9. The largest absolute Gasteiger partial charge is 0.444 e. The average molecular weight is 680 g/mol. The van der Waals surface area contributed by atoms with Crippen LogP contribution in [-0.4, -0.2) is 73.4 Å². The van der Waals surface area contributed by atoms with Crippen molar-refractivity contribution in [3.63, 3.8) is 0 Å². The molecular formula is C36H45N3O10. The number of hydrogen-bond donors (Lipinski definition) is 4. The lowest BCUT2D eigenvalue weighted by Crippen LogP contribution is -2.38. The van der Waals surface area contributed by atoms with E-state index in [-0.39, 0.29) is 47.9 Å². The molecule has 3 amide bonds. The zero-order chi connectivity index (χ0) is 36.2. The smallest absolute Gasteiger partial charge is 0.412 e. The molecule has 13 heteroatoms. The molecule has 2 aliphatic rings. The Bertz CT molecular complexity index is 1560. The lowest BCUT2D eigenvalue weighted by molar-refractivity contribution is -0.120. The van der Waals surface area contributed by atoms with E-state index in [0.29, 0.717) is 5.57 Å². The van der Waals surface area contributed by atoms with Gasteiger partial charge in [-0.2, -0.15) is 0 Å². The summed E-state index contributed by atoms with van der Waals surface area (Å²) >= 11 is 0. The quantitative estimate of drug-likeness (QED) is 0.255. The number of methoxy groups -OCH3 is 2. The summed E-state index contributed by atoms with van der Waals surface area (Å²) in [6.45, 7) is 6.72. The Hall–Kier alpha value is -4.85. The number of carbonyl (C=O) groups is 5. The maximum absolute atomic E-state index is 13.8. The van der Waals surface area contributed by atoms with Crippen LogP contribution in [0.25, 0.3) is 0 Å². The van der Waals surface area contributed by atoms with Gasteiger partial charge in [0, 0.05) is 37.4 Å². The van der Waals surface area contributed by atoms with Gasteiger partial charge in [-0.1, -0.05) is 68.5 Å². The Balaban J connectivity index is 2.02. The highest BCUT2D eigenvalue weighted by atomic mass is 16.6. The second kappa shape index (κ2) is 18.1. The summed E-state index contributed by atoms with van der Waals surface area (Å²) in [6.07, 6.45) is 1.93. The van der Waals surface area contributed by atoms with Gasteiger partial charge < -0.3 is 35.1 Å². The number of Topliss-reactive ketones (excluding diaryl/α,β-unsaturated/α-hetero) is 1. The monoisotopic (exact) mass is 679 g/mol. The predicted octanol–water partition coefficient (Wildman–Crippen LogP) is 3.69. The predicted molar refractivity (Wildman–Crippen MR) is 179 cm³/mol. The van der Waals surface area contributed by atoms with E-state index >= 15 is 0 Å². The van der Waals surface area contributed by atoms with Gasteiger partial charge in [0.05, 0.1) is 23.6 Å². The number of nitrogens with one attached hydrogen (secondary N) is 2. The fourth-order valence-electron chi connectivity index (χ4n) is 5.58. The third-order valence-corrected chi connectivity index (χ3v) is 8.23. The number of allylic oxidation sites excluding steroid dienone is 4. The summed E-state index contributed by atoms with van der Waals surface area (Å²) in [7, 11) is 2.86. The first-order valence-corrected chi connectivity index (χ1v) is 15.8. The van der Waals surface area contributed by atoms with Gasteiger partial charge in [0.2, 0.25) is 11.6 Å². The minimum absolute atomic E-state index is 0.0104. The first-order chi connectivity index (χ1) is 23.2. The molecule has 0 unspecified atom stereocenters. The maximum Gasteiger partial charge on any atom is 0.412 e. The van der Waals surface area contributed by atoms with Crippen LogP contribution < -0.4 is 16.4 Å². The fourth-order valence-corrected chi connectivity index (χ4v) is 5.58. The number of aliphatic hydroxyl groups excluding tert-OH is 1. The molecular weight excluding hydrogens is 634 g/mol. The van der Waals surface area contributed by atoms with E-state index in [1.54, 1.807) is 57.2 Å². The molecule has 6 atom stereocenters. The Kier molecular flexibility index (Phi) is 14.2. The number of ketones is 2. The van der Waals surface area contributed by atoms with E-state index in [1.807, 2.05) is 6.07 Å². The topological polar surface area (TPSA) is 193 Å². The Morgan fingerprint density at radius 3 is 2.39 bits per heavy atom. The molecule has 2 bridgehead atoms. The average Bonchev–Trinajstić information content (AvgIpc) is 3.06. The number of rotatable bonds is 6. The van der Waals surface area contributed by atoms with Crippen LogP contribution in [-0.2, 0) is 39.9 Å². The van der Waals surface area contributed by atoms with Crippen LogP contribution in [0.2, 0.25) is 0 Å².